The van der Waals surface area contributed by atoms with Crippen LogP contribution in [0.4, 0.5) is 5.69 Å². The molecule has 26 heavy (non-hydrogen) atoms. The van der Waals surface area contributed by atoms with Gasteiger partial charge >= 0.3 is 0 Å². The van der Waals surface area contributed by atoms with Crippen molar-refractivity contribution in [2.24, 2.45) is 0 Å². The van der Waals surface area contributed by atoms with Crippen molar-refractivity contribution in [3.8, 4) is 0 Å². The average Bonchev–Trinajstić information content (AvgIpc) is 2.65. The Kier molecular flexibility index (Phi) is 5.48. The van der Waals surface area contributed by atoms with Crippen LogP contribution in [0.25, 0.3) is 0 Å². The Hall–Kier alpha value is -2.93. The maximum absolute atomic E-state index is 12.4. The molecule has 7 nitrogen and oxygen atoms in total. The van der Waals surface area contributed by atoms with Crippen LogP contribution in [0.3, 0.4) is 0 Å². The predicted molar refractivity (Wildman–Crippen MR) is 99.3 cm³/mol. The fourth-order valence-electron chi connectivity index (χ4n) is 2.88. The minimum Gasteiger partial charge on any atom is -0.336 e. The molecule has 2 aromatic rings. The number of pyridine rings is 1. The zero-order valence-corrected chi connectivity index (χ0v) is 14.7. The van der Waals surface area contributed by atoms with Crippen LogP contribution in [0.5, 0.6) is 0 Å². The molecule has 2 N–H and O–H groups in total. The molecule has 0 bridgehead atoms. The maximum Gasteiger partial charge on any atom is 0.253 e. The third-order valence-electron chi connectivity index (χ3n) is 4.27. The number of rotatable bonds is 4. The van der Waals surface area contributed by atoms with Crippen LogP contribution in [0, 0.1) is 6.92 Å². The van der Waals surface area contributed by atoms with Crippen LogP contribution in [0.1, 0.15) is 15.9 Å². The Bertz CT molecular complexity index is 852. The van der Waals surface area contributed by atoms with Gasteiger partial charge in [-0.3, -0.25) is 14.4 Å². The molecule has 1 aromatic heterocycles. The standard InChI is InChI=1S/C19H22N4O3/c1-14-2-7-18(25)23(12-14)13-17(24)21-16-5-3-15(4-6-16)19(26)22-10-8-20-9-11-22/h2-7,12,20H,8-11,13H2,1H3,(H,21,24). The smallest absolute Gasteiger partial charge is 0.253 e. The first-order chi connectivity index (χ1) is 12.5. The first-order valence-corrected chi connectivity index (χ1v) is 8.60. The molecule has 2 heterocycles. The normalized spacial score (nSPS) is 14.1. The summed E-state index contributed by atoms with van der Waals surface area (Å²) >= 11 is 0. The van der Waals surface area contributed by atoms with Gasteiger partial charge in [0, 0.05) is 49.7 Å². The summed E-state index contributed by atoms with van der Waals surface area (Å²) < 4.78 is 1.37. The van der Waals surface area contributed by atoms with Gasteiger partial charge in [0.2, 0.25) is 5.91 Å². The minimum absolute atomic E-state index is 0.00399. The van der Waals surface area contributed by atoms with Crippen LogP contribution in [-0.2, 0) is 11.3 Å². The summed E-state index contributed by atoms with van der Waals surface area (Å²) in [6.45, 7) is 4.81. The molecule has 0 unspecified atom stereocenters. The summed E-state index contributed by atoms with van der Waals surface area (Å²) in [4.78, 5) is 38.2. The van der Waals surface area contributed by atoms with Crippen molar-refractivity contribution in [1.29, 1.82) is 0 Å². The van der Waals surface area contributed by atoms with Crippen molar-refractivity contribution < 1.29 is 9.59 Å². The van der Waals surface area contributed by atoms with Gasteiger partial charge in [0.25, 0.3) is 11.5 Å². The number of aryl methyl sites for hydroxylation is 1. The number of aromatic nitrogens is 1. The number of piperazine rings is 1. The summed E-state index contributed by atoms with van der Waals surface area (Å²) in [6.07, 6.45) is 1.65. The monoisotopic (exact) mass is 354 g/mol. The Morgan fingerprint density at radius 2 is 1.77 bits per heavy atom. The number of anilines is 1. The molecule has 7 heteroatoms. The third-order valence-corrected chi connectivity index (χ3v) is 4.27. The molecule has 3 rings (SSSR count). The number of benzene rings is 1. The fourth-order valence-corrected chi connectivity index (χ4v) is 2.88. The number of amides is 2. The lowest BCUT2D eigenvalue weighted by molar-refractivity contribution is -0.116. The largest absolute Gasteiger partial charge is 0.336 e. The van der Waals surface area contributed by atoms with Gasteiger partial charge in [-0.05, 0) is 36.8 Å². The lowest BCUT2D eigenvalue weighted by Gasteiger charge is -2.27. The van der Waals surface area contributed by atoms with Gasteiger partial charge in [-0.1, -0.05) is 6.07 Å². The lowest BCUT2D eigenvalue weighted by atomic mass is 10.1. The number of carbonyl (C=O) groups excluding carboxylic acids is 2. The summed E-state index contributed by atoms with van der Waals surface area (Å²) in [5, 5.41) is 5.96. The van der Waals surface area contributed by atoms with Crippen LogP contribution >= 0.6 is 0 Å². The highest BCUT2D eigenvalue weighted by molar-refractivity contribution is 5.95. The van der Waals surface area contributed by atoms with E-state index in [1.807, 2.05) is 11.8 Å². The van der Waals surface area contributed by atoms with Gasteiger partial charge in [0.1, 0.15) is 6.54 Å². The first-order valence-electron chi connectivity index (χ1n) is 8.60. The molecule has 0 radical (unpaired) electrons. The second-order valence-electron chi connectivity index (χ2n) is 6.34. The molecule has 0 atom stereocenters. The molecule has 0 saturated carbocycles. The fraction of sp³-hybridized carbons (Fsp3) is 0.316. The minimum atomic E-state index is -0.293. The summed E-state index contributed by atoms with van der Waals surface area (Å²) in [7, 11) is 0. The average molecular weight is 354 g/mol. The quantitative estimate of drug-likeness (QED) is 0.852. The van der Waals surface area contributed by atoms with E-state index < -0.39 is 0 Å². The van der Waals surface area contributed by atoms with Crippen molar-refractivity contribution in [2.75, 3.05) is 31.5 Å². The van der Waals surface area contributed by atoms with Crippen molar-refractivity contribution in [3.05, 3.63) is 64.1 Å². The Morgan fingerprint density at radius 1 is 1.08 bits per heavy atom. The highest BCUT2D eigenvalue weighted by Crippen LogP contribution is 2.12. The first kappa shape index (κ1) is 17.9. The van der Waals surface area contributed by atoms with Crippen molar-refractivity contribution >= 4 is 17.5 Å². The van der Waals surface area contributed by atoms with Gasteiger partial charge in [-0.25, -0.2) is 0 Å². The molecule has 1 aromatic carbocycles. The Labute approximate surface area is 151 Å². The van der Waals surface area contributed by atoms with Gasteiger partial charge in [0.05, 0.1) is 0 Å². The van der Waals surface area contributed by atoms with Crippen LogP contribution in [-0.4, -0.2) is 47.5 Å². The van der Waals surface area contributed by atoms with Gasteiger partial charge in [-0.2, -0.15) is 0 Å². The number of hydrogen-bond donors (Lipinski definition) is 2. The van der Waals surface area contributed by atoms with E-state index in [1.54, 1.807) is 36.5 Å². The van der Waals surface area contributed by atoms with E-state index in [2.05, 4.69) is 10.6 Å². The van der Waals surface area contributed by atoms with Crippen molar-refractivity contribution in [3.63, 3.8) is 0 Å². The van der Waals surface area contributed by atoms with Crippen molar-refractivity contribution in [1.82, 2.24) is 14.8 Å². The zero-order valence-electron chi connectivity index (χ0n) is 14.7. The molecule has 1 saturated heterocycles. The van der Waals surface area contributed by atoms with E-state index >= 15 is 0 Å². The maximum atomic E-state index is 12.4. The molecule has 0 aliphatic carbocycles. The third kappa shape index (κ3) is 4.37. The second-order valence-corrected chi connectivity index (χ2v) is 6.34. The van der Waals surface area contributed by atoms with Crippen LogP contribution < -0.4 is 16.2 Å². The number of nitrogens with one attached hydrogen (secondary N) is 2. The Balaban J connectivity index is 1.61. The second kappa shape index (κ2) is 7.97. The molecule has 0 spiro atoms. The zero-order chi connectivity index (χ0) is 18.5. The van der Waals surface area contributed by atoms with Crippen LogP contribution in [0.15, 0.2) is 47.4 Å². The summed E-state index contributed by atoms with van der Waals surface area (Å²) in [6, 6.07) is 9.97. The van der Waals surface area contributed by atoms with Crippen molar-refractivity contribution in [2.45, 2.75) is 13.5 Å². The molecular formula is C19H22N4O3. The SMILES string of the molecule is Cc1ccc(=O)n(CC(=O)Nc2ccc(C(=O)N3CCNCC3)cc2)c1. The van der Waals surface area contributed by atoms with Gasteiger partial charge < -0.3 is 20.1 Å². The van der Waals surface area contributed by atoms with Gasteiger partial charge in [-0.15, -0.1) is 0 Å². The predicted octanol–water partition coefficient (Wildman–Crippen LogP) is 0.841. The number of hydrogen-bond acceptors (Lipinski definition) is 4. The van der Waals surface area contributed by atoms with E-state index in [1.165, 1.54) is 10.6 Å². The topological polar surface area (TPSA) is 83.4 Å². The van der Waals surface area contributed by atoms with E-state index in [9.17, 15) is 14.4 Å². The highest BCUT2D eigenvalue weighted by atomic mass is 16.2. The number of carbonyl (C=O) groups is 2. The van der Waals surface area contributed by atoms with E-state index in [0.29, 0.717) is 24.3 Å². The highest BCUT2D eigenvalue weighted by Gasteiger charge is 2.17. The molecular weight excluding hydrogens is 332 g/mol. The summed E-state index contributed by atoms with van der Waals surface area (Å²) in [5.74, 6) is -0.297. The molecule has 1 fully saturated rings. The number of nitrogens with zero attached hydrogens (tertiary/aromatic N) is 2. The molecule has 2 amide bonds. The summed E-state index contributed by atoms with van der Waals surface area (Å²) in [5.41, 5.74) is 1.88. The van der Waals surface area contributed by atoms with Crippen LogP contribution in [0.2, 0.25) is 0 Å². The molecule has 1 aliphatic rings. The van der Waals surface area contributed by atoms with E-state index in [-0.39, 0.29) is 23.9 Å². The van der Waals surface area contributed by atoms with E-state index in [0.717, 1.165) is 18.7 Å². The molecule has 136 valence electrons. The Morgan fingerprint density at radius 3 is 2.46 bits per heavy atom. The van der Waals surface area contributed by atoms with E-state index in [4.69, 9.17) is 0 Å². The molecule has 1 aliphatic heterocycles. The lowest BCUT2D eigenvalue weighted by Crippen LogP contribution is -2.46. The van der Waals surface area contributed by atoms with Gasteiger partial charge in [0.15, 0.2) is 0 Å².